The first-order valence-corrected chi connectivity index (χ1v) is 9.63. The minimum atomic E-state index is -3.82. The summed E-state index contributed by atoms with van der Waals surface area (Å²) in [6.07, 6.45) is 5.46. The summed E-state index contributed by atoms with van der Waals surface area (Å²) in [6, 6.07) is 1.57. The topological polar surface area (TPSA) is 68.2 Å². The molecule has 118 valence electrons. The number of carbonyl (C=O) groups excluding carboxylic acids is 1. The van der Waals surface area contributed by atoms with Gasteiger partial charge in [-0.2, -0.15) is 0 Å². The Morgan fingerprint density at radius 1 is 1.43 bits per heavy atom. The summed E-state index contributed by atoms with van der Waals surface area (Å²) >= 11 is 0. The fraction of sp³-hybridized carbons (Fsp3) is 0.643. The van der Waals surface area contributed by atoms with Crippen molar-refractivity contribution >= 4 is 25.6 Å². The zero-order valence-electron chi connectivity index (χ0n) is 12.3. The van der Waals surface area contributed by atoms with Gasteiger partial charge in [0, 0.05) is 29.5 Å². The highest BCUT2D eigenvalue weighted by Crippen LogP contribution is 2.34. The van der Waals surface area contributed by atoms with Crippen molar-refractivity contribution < 1.29 is 13.2 Å². The average Bonchev–Trinajstić information content (AvgIpc) is 2.95. The van der Waals surface area contributed by atoms with Crippen LogP contribution in [0.3, 0.4) is 0 Å². The second kappa shape index (κ2) is 6.40. The number of hydrogen-bond acceptors (Lipinski definition) is 3. The normalized spacial score (nSPS) is 21.3. The van der Waals surface area contributed by atoms with Gasteiger partial charge in [-0.1, -0.05) is 20.3 Å². The van der Waals surface area contributed by atoms with E-state index in [9.17, 15) is 13.2 Å². The molecule has 1 saturated carbocycles. The molecule has 5 nitrogen and oxygen atoms in total. The van der Waals surface area contributed by atoms with Gasteiger partial charge in [-0.25, -0.2) is 8.42 Å². The lowest BCUT2D eigenvalue weighted by molar-refractivity contribution is 0.0939. The molecule has 7 heteroatoms. The molecule has 1 N–H and O–H groups in total. The maximum absolute atomic E-state index is 12.3. The second-order valence-electron chi connectivity index (χ2n) is 5.56. The van der Waals surface area contributed by atoms with Gasteiger partial charge >= 0.3 is 0 Å². The van der Waals surface area contributed by atoms with Crippen molar-refractivity contribution in [2.75, 3.05) is 0 Å². The van der Waals surface area contributed by atoms with E-state index in [0.717, 1.165) is 25.7 Å². The number of halogens is 1. The highest BCUT2D eigenvalue weighted by molar-refractivity contribution is 8.13. The van der Waals surface area contributed by atoms with Crippen molar-refractivity contribution in [1.82, 2.24) is 9.88 Å². The first kappa shape index (κ1) is 16.4. The monoisotopic (exact) mass is 332 g/mol. The number of hydrogen-bond donors (Lipinski definition) is 1. The molecule has 2 atom stereocenters. The van der Waals surface area contributed by atoms with E-state index in [4.69, 9.17) is 10.7 Å². The molecule has 1 aromatic heterocycles. The van der Waals surface area contributed by atoms with Crippen molar-refractivity contribution in [3.05, 3.63) is 18.0 Å². The number of nitrogens with one attached hydrogen (secondary N) is 1. The van der Waals surface area contributed by atoms with Crippen LogP contribution in [0.4, 0.5) is 0 Å². The number of carbonyl (C=O) groups is 1. The lowest BCUT2D eigenvalue weighted by Crippen LogP contribution is -2.28. The molecule has 1 heterocycles. The Balaban J connectivity index is 2.14. The van der Waals surface area contributed by atoms with E-state index in [2.05, 4.69) is 12.2 Å². The summed E-state index contributed by atoms with van der Waals surface area (Å²) in [4.78, 5) is 12.3. The van der Waals surface area contributed by atoms with E-state index in [0.29, 0.717) is 18.2 Å². The highest BCUT2D eigenvalue weighted by atomic mass is 35.7. The summed E-state index contributed by atoms with van der Waals surface area (Å²) in [5.41, 5.74) is 0.359. The number of rotatable bonds is 7. The molecule has 2 rings (SSSR count). The van der Waals surface area contributed by atoms with Crippen molar-refractivity contribution in [3.8, 4) is 0 Å². The van der Waals surface area contributed by atoms with Gasteiger partial charge in [0.25, 0.3) is 15.0 Å². The molecule has 2 unspecified atom stereocenters. The molecule has 1 aromatic rings. The number of amides is 1. The Kier molecular flexibility index (Phi) is 4.99. The van der Waals surface area contributed by atoms with Gasteiger partial charge in [-0.05, 0) is 31.2 Å². The molecule has 1 aliphatic carbocycles. The SMILES string of the molecule is CCCC1CC1NC(=O)c1cc(S(=O)(=O)Cl)cn1CCC. The van der Waals surface area contributed by atoms with E-state index in [-0.39, 0.29) is 16.8 Å². The number of nitrogens with zero attached hydrogens (tertiary/aromatic N) is 1. The molecule has 1 fully saturated rings. The molecular formula is C14H21ClN2O3S. The highest BCUT2D eigenvalue weighted by Gasteiger charge is 2.37. The summed E-state index contributed by atoms with van der Waals surface area (Å²) < 4.78 is 24.5. The van der Waals surface area contributed by atoms with Crippen LogP contribution in [0.5, 0.6) is 0 Å². The lowest BCUT2D eigenvalue weighted by atomic mass is 10.2. The van der Waals surface area contributed by atoms with Gasteiger partial charge in [0.2, 0.25) is 0 Å². The van der Waals surface area contributed by atoms with Gasteiger partial charge in [-0.15, -0.1) is 0 Å². The largest absolute Gasteiger partial charge is 0.348 e. The van der Waals surface area contributed by atoms with E-state index in [1.807, 2.05) is 6.92 Å². The smallest absolute Gasteiger partial charge is 0.268 e. The van der Waals surface area contributed by atoms with Crippen LogP contribution in [0.1, 0.15) is 50.0 Å². The summed E-state index contributed by atoms with van der Waals surface area (Å²) in [7, 11) is 1.54. The second-order valence-corrected chi connectivity index (χ2v) is 8.12. The third-order valence-electron chi connectivity index (χ3n) is 3.75. The van der Waals surface area contributed by atoms with Gasteiger partial charge in [0.15, 0.2) is 0 Å². The van der Waals surface area contributed by atoms with Gasteiger partial charge in [0.1, 0.15) is 10.6 Å². The van der Waals surface area contributed by atoms with Crippen LogP contribution >= 0.6 is 10.7 Å². The minimum Gasteiger partial charge on any atom is -0.348 e. The Morgan fingerprint density at radius 2 is 2.14 bits per heavy atom. The van der Waals surface area contributed by atoms with Gasteiger partial charge in [-0.3, -0.25) is 4.79 Å². The van der Waals surface area contributed by atoms with E-state index in [1.165, 1.54) is 12.3 Å². The lowest BCUT2D eigenvalue weighted by Gasteiger charge is -2.08. The first-order chi connectivity index (χ1) is 9.86. The van der Waals surface area contributed by atoms with E-state index < -0.39 is 9.05 Å². The van der Waals surface area contributed by atoms with Crippen LogP contribution in [0.15, 0.2) is 17.2 Å². The zero-order chi connectivity index (χ0) is 15.6. The fourth-order valence-corrected chi connectivity index (χ4v) is 3.35. The zero-order valence-corrected chi connectivity index (χ0v) is 13.9. The standard InChI is InChI=1S/C14H21ClN2O3S/c1-3-5-10-7-12(10)16-14(18)13-8-11(21(15,19)20)9-17(13)6-4-2/h8-10,12H,3-7H2,1-2H3,(H,16,18). The maximum atomic E-state index is 12.3. The quantitative estimate of drug-likeness (QED) is 0.781. The molecule has 0 saturated heterocycles. The molecule has 21 heavy (non-hydrogen) atoms. The summed E-state index contributed by atoms with van der Waals surface area (Å²) in [6.45, 7) is 4.67. The third kappa shape index (κ3) is 4.01. The third-order valence-corrected chi connectivity index (χ3v) is 5.07. The van der Waals surface area contributed by atoms with Crippen molar-refractivity contribution in [2.24, 2.45) is 5.92 Å². The Hall–Kier alpha value is -1.01. The molecule has 0 aliphatic heterocycles. The Labute approximate surface area is 130 Å². The van der Waals surface area contributed by atoms with Crippen LogP contribution in [-0.2, 0) is 15.6 Å². The van der Waals surface area contributed by atoms with Crippen molar-refractivity contribution in [1.29, 1.82) is 0 Å². The van der Waals surface area contributed by atoms with Gasteiger partial charge < -0.3 is 9.88 Å². The van der Waals surface area contributed by atoms with Crippen molar-refractivity contribution in [3.63, 3.8) is 0 Å². The molecule has 0 spiro atoms. The van der Waals surface area contributed by atoms with E-state index >= 15 is 0 Å². The predicted molar refractivity (Wildman–Crippen MR) is 82.0 cm³/mol. The predicted octanol–water partition coefficient (Wildman–Crippen LogP) is 2.74. The van der Waals surface area contributed by atoms with Gasteiger partial charge in [0.05, 0.1) is 0 Å². The van der Waals surface area contributed by atoms with Crippen LogP contribution < -0.4 is 5.32 Å². The molecule has 0 aromatic carbocycles. The van der Waals surface area contributed by atoms with Crippen LogP contribution in [-0.4, -0.2) is 24.9 Å². The van der Waals surface area contributed by atoms with Crippen LogP contribution in [0.2, 0.25) is 0 Å². The van der Waals surface area contributed by atoms with Crippen LogP contribution in [0, 0.1) is 5.92 Å². The Bertz CT molecular complexity index is 624. The number of aromatic nitrogens is 1. The van der Waals surface area contributed by atoms with Crippen LogP contribution in [0.25, 0.3) is 0 Å². The molecular weight excluding hydrogens is 312 g/mol. The number of aryl methyl sites for hydroxylation is 1. The molecule has 1 aliphatic rings. The molecule has 0 radical (unpaired) electrons. The summed E-state index contributed by atoms with van der Waals surface area (Å²) in [5.74, 6) is 0.336. The minimum absolute atomic E-state index is 0.0244. The first-order valence-electron chi connectivity index (χ1n) is 7.32. The molecule has 0 bridgehead atoms. The summed E-state index contributed by atoms with van der Waals surface area (Å²) in [5, 5.41) is 2.97. The van der Waals surface area contributed by atoms with Crippen molar-refractivity contribution in [2.45, 2.75) is 57.0 Å². The fourth-order valence-electron chi connectivity index (χ4n) is 2.59. The average molecular weight is 333 g/mol. The maximum Gasteiger partial charge on any atom is 0.268 e. The molecule has 1 amide bonds. The van der Waals surface area contributed by atoms with E-state index in [1.54, 1.807) is 4.57 Å². The Morgan fingerprint density at radius 3 is 2.71 bits per heavy atom.